The van der Waals surface area contributed by atoms with E-state index >= 15 is 0 Å². The van der Waals surface area contributed by atoms with Gasteiger partial charge in [-0.2, -0.15) is 0 Å². The summed E-state index contributed by atoms with van der Waals surface area (Å²) in [5.41, 5.74) is 0. The fourth-order valence-electron chi connectivity index (χ4n) is 2.48. The summed E-state index contributed by atoms with van der Waals surface area (Å²) in [7, 11) is -4.35. The zero-order chi connectivity index (χ0) is 15.3. The highest BCUT2D eigenvalue weighted by molar-refractivity contribution is 7.59. The molecule has 0 aliphatic heterocycles. The standard InChI is InChI=1S/C13H33N2O2PSi/c1-9-14(10-2)18(16,15(11-3)12-4)13(5)17-19(6,7)8/h13H,9-12H2,1-8H3. The van der Waals surface area contributed by atoms with Crippen molar-refractivity contribution in [2.75, 3.05) is 26.2 Å². The zero-order valence-corrected chi connectivity index (χ0v) is 16.0. The van der Waals surface area contributed by atoms with Crippen LogP contribution in [0.3, 0.4) is 0 Å². The monoisotopic (exact) mass is 308 g/mol. The van der Waals surface area contributed by atoms with Crippen LogP contribution in [0.5, 0.6) is 0 Å². The first-order chi connectivity index (χ1) is 8.67. The average molecular weight is 308 g/mol. The largest absolute Gasteiger partial charge is 0.405 e. The van der Waals surface area contributed by atoms with E-state index in [0.717, 1.165) is 26.2 Å². The molecule has 0 saturated carbocycles. The van der Waals surface area contributed by atoms with Gasteiger partial charge in [-0.3, -0.25) is 4.57 Å². The minimum Gasteiger partial charge on any atom is -0.405 e. The van der Waals surface area contributed by atoms with Crippen LogP contribution in [0.15, 0.2) is 0 Å². The number of hydrogen-bond acceptors (Lipinski definition) is 2. The number of nitrogens with zero attached hydrogens (tertiary/aromatic N) is 2. The van der Waals surface area contributed by atoms with Gasteiger partial charge in [0.25, 0.3) is 0 Å². The Kier molecular flexibility index (Phi) is 8.07. The number of hydrogen-bond donors (Lipinski definition) is 0. The minimum absolute atomic E-state index is 0.223. The molecule has 0 aromatic heterocycles. The van der Waals surface area contributed by atoms with E-state index < -0.39 is 15.8 Å². The fourth-order valence-corrected chi connectivity index (χ4v) is 7.90. The lowest BCUT2D eigenvalue weighted by atomic mass is 10.7. The molecular weight excluding hydrogens is 275 g/mol. The van der Waals surface area contributed by atoms with Crippen LogP contribution in [0.25, 0.3) is 0 Å². The Morgan fingerprint density at radius 1 is 0.947 bits per heavy atom. The molecule has 1 unspecified atom stereocenters. The van der Waals surface area contributed by atoms with Crippen molar-refractivity contribution in [2.24, 2.45) is 0 Å². The highest BCUT2D eigenvalue weighted by Crippen LogP contribution is 2.57. The Bertz CT molecular complexity index is 284. The average Bonchev–Trinajstić information content (AvgIpc) is 2.29. The SMILES string of the molecule is CCN(CC)P(=O)(C(C)O[Si](C)(C)C)N(CC)CC. The lowest BCUT2D eigenvalue weighted by Crippen LogP contribution is -2.41. The molecule has 0 aromatic carbocycles. The second-order valence-corrected chi connectivity index (χ2v) is 13.2. The fraction of sp³-hybridized carbons (Fsp3) is 1.00. The molecule has 0 bridgehead atoms. The Balaban J connectivity index is 5.43. The van der Waals surface area contributed by atoms with Crippen LogP contribution in [-0.2, 0) is 8.99 Å². The second-order valence-electron chi connectivity index (χ2n) is 5.70. The van der Waals surface area contributed by atoms with E-state index in [0.29, 0.717) is 0 Å². The van der Waals surface area contributed by atoms with Gasteiger partial charge in [0.05, 0.1) is 0 Å². The van der Waals surface area contributed by atoms with Crippen molar-refractivity contribution in [3.05, 3.63) is 0 Å². The maximum Gasteiger partial charge on any atom is 0.242 e. The molecule has 6 heteroatoms. The van der Waals surface area contributed by atoms with Gasteiger partial charge in [0, 0.05) is 26.2 Å². The van der Waals surface area contributed by atoms with E-state index in [9.17, 15) is 4.57 Å². The maximum absolute atomic E-state index is 13.7. The van der Waals surface area contributed by atoms with Crippen molar-refractivity contribution < 1.29 is 8.99 Å². The van der Waals surface area contributed by atoms with Crippen LogP contribution >= 0.6 is 7.44 Å². The van der Waals surface area contributed by atoms with Crippen molar-refractivity contribution in [2.45, 2.75) is 60.1 Å². The van der Waals surface area contributed by atoms with Crippen LogP contribution < -0.4 is 0 Å². The van der Waals surface area contributed by atoms with Gasteiger partial charge in [-0.05, 0) is 26.6 Å². The Labute approximate surface area is 121 Å². The summed E-state index contributed by atoms with van der Waals surface area (Å²) in [4.78, 5) is 0. The van der Waals surface area contributed by atoms with Crippen LogP contribution in [0, 0.1) is 0 Å². The molecule has 0 aliphatic rings. The minimum atomic E-state index is -2.65. The van der Waals surface area contributed by atoms with E-state index in [-0.39, 0.29) is 5.85 Å². The van der Waals surface area contributed by atoms with Gasteiger partial charge in [0.15, 0.2) is 8.32 Å². The van der Waals surface area contributed by atoms with Crippen molar-refractivity contribution in [1.82, 2.24) is 9.34 Å². The van der Waals surface area contributed by atoms with E-state index in [2.05, 4.69) is 56.7 Å². The summed E-state index contributed by atoms with van der Waals surface area (Å²) in [5, 5.41) is 0. The lowest BCUT2D eigenvalue weighted by Gasteiger charge is -2.42. The normalized spacial score (nSPS) is 15.3. The molecule has 1 atom stereocenters. The van der Waals surface area contributed by atoms with Gasteiger partial charge in [0.1, 0.15) is 5.85 Å². The van der Waals surface area contributed by atoms with Crippen LogP contribution in [0.2, 0.25) is 19.6 Å². The molecule has 0 rings (SSSR count). The lowest BCUT2D eigenvalue weighted by molar-refractivity contribution is 0.241. The molecule has 4 nitrogen and oxygen atoms in total. The topological polar surface area (TPSA) is 32.8 Å². The molecule has 0 aromatic rings. The van der Waals surface area contributed by atoms with Crippen molar-refractivity contribution >= 4 is 15.8 Å². The molecule has 0 amide bonds. The van der Waals surface area contributed by atoms with Gasteiger partial charge in [0.2, 0.25) is 7.44 Å². The van der Waals surface area contributed by atoms with E-state index in [1.54, 1.807) is 0 Å². The molecule has 0 spiro atoms. The van der Waals surface area contributed by atoms with Gasteiger partial charge in [-0.25, -0.2) is 9.34 Å². The Morgan fingerprint density at radius 3 is 1.47 bits per heavy atom. The molecule has 0 N–H and O–H groups in total. The van der Waals surface area contributed by atoms with Gasteiger partial charge in [-0.1, -0.05) is 27.7 Å². The first kappa shape index (κ1) is 19.3. The molecule has 0 saturated heterocycles. The van der Waals surface area contributed by atoms with Crippen molar-refractivity contribution in [3.63, 3.8) is 0 Å². The van der Waals surface area contributed by atoms with E-state index in [4.69, 9.17) is 4.43 Å². The third-order valence-electron chi connectivity index (χ3n) is 3.27. The van der Waals surface area contributed by atoms with E-state index in [1.165, 1.54) is 0 Å². The van der Waals surface area contributed by atoms with Crippen LogP contribution in [0.1, 0.15) is 34.6 Å². The zero-order valence-electron chi connectivity index (χ0n) is 14.1. The molecule has 0 aliphatic carbocycles. The second kappa shape index (κ2) is 7.94. The smallest absolute Gasteiger partial charge is 0.242 e. The number of rotatable bonds is 9. The predicted octanol–water partition coefficient (Wildman–Crippen LogP) is 4.06. The first-order valence-electron chi connectivity index (χ1n) is 7.45. The van der Waals surface area contributed by atoms with Gasteiger partial charge >= 0.3 is 0 Å². The Morgan fingerprint density at radius 2 is 1.26 bits per heavy atom. The van der Waals surface area contributed by atoms with Crippen LogP contribution in [0.4, 0.5) is 0 Å². The van der Waals surface area contributed by atoms with Crippen molar-refractivity contribution in [3.8, 4) is 0 Å². The summed E-state index contributed by atoms with van der Waals surface area (Å²) in [6.45, 7) is 19.9. The van der Waals surface area contributed by atoms with Gasteiger partial charge in [-0.15, -0.1) is 0 Å². The molecule has 116 valence electrons. The molecule has 0 heterocycles. The van der Waals surface area contributed by atoms with Crippen molar-refractivity contribution in [1.29, 1.82) is 0 Å². The summed E-state index contributed by atoms with van der Waals surface area (Å²) >= 11 is 0. The highest BCUT2D eigenvalue weighted by atomic mass is 31.2. The summed E-state index contributed by atoms with van der Waals surface area (Å²) in [6.07, 6.45) is 0. The summed E-state index contributed by atoms with van der Waals surface area (Å²) in [5.74, 6) is -0.223. The summed E-state index contributed by atoms with van der Waals surface area (Å²) in [6, 6.07) is 0. The third-order valence-corrected chi connectivity index (χ3v) is 8.33. The predicted molar refractivity (Wildman–Crippen MR) is 87.3 cm³/mol. The van der Waals surface area contributed by atoms with Gasteiger partial charge < -0.3 is 4.43 Å². The highest BCUT2D eigenvalue weighted by Gasteiger charge is 2.41. The molecular formula is C13H33N2O2PSi. The summed E-state index contributed by atoms with van der Waals surface area (Å²) < 4.78 is 24.0. The maximum atomic E-state index is 13.7. The molecule has 0 radical (unpaired) electrons. The third kappa shape index (κ3) is 4.98. The van der Waals surface area contributed by atoms with Crippen LogP contribution in [-0.4, -0.2) is 49.7 Å². The quantitative estimate of drug-likeness (QED) is 0.475. The molecule has 19 heavy (non-hydrogen) atoms. The van der Waals surface area contributed by atoms with E-state index in [1.807, 2.05) is 6.92 Å². The first-order valence-corrected chi connectivity index (χ1v) is 12.5. The Hall–Kier alpha value is 0.327. The molecule has 0 fully saturated rings.